The van der Waals surface area contributed by atoms with Crippen molar-refractivity contribution in [2.45, 2.75) is 25.7 Å². The molecule has 8 nitrogen and oxygen atoms in total. The number of nitrogens with zero attached hydrogens (tertiary/aromatic N) is 6. The van der Waals surface area contributed by atoms with Crippen LogP contribution in [0.4, 0.5) is 0 Å². The summed E-state index contributed by atoms with van der Waals surface area (Å²) in [5.41, 5.74) is 3.96. The summed E-state index contributed by atoms with van der Waals surface area (Å²) in [5, 5.41) is 4.03. The van der Waals surface area contributed by atoms with Crippen molar-refractivity contribution in [3.8, 4) is 22.7 Å². The molecule has 0 spiro atoms. The highest BCUT2D eigenvalue weighted by Gasteiger charge is 2.29. The van der Waals surface area contributed by atoms with Gasteiger partial charge in [0, 0.05) is 61.6 Å². The minimum atomic E-state index is -0.0109. The van der Waals surface area contributed by atoms with Crippen molar-refractivity contribution in [2.24, 2.45) is 0 Å². The van der Waals surface area contributed by atoms with E-state index < -0.39 is 0 Å². The van der Waals surface area contributed by atoms with Gasteiger partial charge in [0.05, 0.1) is 22.5 Å². The van der Waals surface area contributed by atoms with Crippen LogP contribution >= 0.6 is 0 Å². The summed E-state index contributed by atoms with van der Waals surface area (Å²) in [6.45, 7) is 3.16. The quantitative estimate of drug-likeness (QED) is 0.488. The van der Waals surface area contributed by atoms with E-state index in [9.17, 15) is 4.79 Å². The predicted molar refractivity (Wildman–Crippen MR) is 118 cm³/mol. The summed E-state index contributed by atoms with van der Waals surface area (Å²) in [5.74, 6) is 1.30. The zero-order valence-corrected chi connectivity index (χ0v) is 17.7. The number of likely N-dealkylation sites (tertiary alicyclic amines) is 1. The molecule has 160 valence electrons. The van der Waals surface area contributed by atoms with Crippen LogP contribution in [0.2, 0.25) is 0 Å². The molecule has 0 N–H and O–H groups in total. The number of hydrogen-bond donors (Lipinski definition) is 0. The Hall–Kier alpha value is -3.94. The molecule has 0 aliphatic carbocycles. The molecule has 5 heterocycles. The van der Waals surface area contributed by atoms with Crippen molar-refractivity contribution in [2.75, 3.05) is 13.1 Å². The van der Waals surface area contributed by atoms with Gasteiger partial charge < -0.3 is 9.42 Å². The number of aromatic nitrogens is 5. The van der Waals surface area contributed by atoms with Gasteiger partial charge in [0.1, 0.15) is 0 Å². The van der Waals surface area contributed by atoms with Gasteiger partial charge in [-0.3, -0.25) is 14.8 Å². The van der Waals surface area contributed by atoms with Crippen LogP contribution in [0.15, 0.2) is 65.8 Å². The molecule has 4 aromatic heterocycles. The lowest BCUT2D eigenvalue weighted by molar-refractivity contribution is 0.0705. The van der Waals surface area contributed by atoms with Crippen molar-refractivity contribution in [3.63, 3.8) is 0 Å². The van der Waals surface area contributed by atoms with E-state index >= 15 is 0 Å². The molecule has 0 bridgehead atoms. The molecule has 1 amide bonds. The fraction of sp³-hybridized carbons (Fsp3) is 0.250. The topological polar surface area (TPSA) is 97.9 Å². The Bertz CT molecular complexity index is 1230. The molecule has 32 heavy (non-hydrogen) atoms. The highest BCUT2D eigenvalue weighted by molar-refractivity contribution is 5.94. The third-order valence-corrected chi connectivity index (χ3v) is 5.65. The van der Waals surface area contributed by atoms with E-state index in [1.54, 1.807) is 43.1 Å². The average molecular weight is 426 g/mol. The van der Waals surface area contributed by atoms with Crippen molar-refractivity contribution in [1.82, 2.24) is 30.0 Å². The summed E-state index contributed by atoms with van der Waals surface area (Å²) in [6.07, 6.45) is 10.3. The lowest BCUT2D eigenvalue weighted by Crippen LogP contribution is -2.39. The lowest BCUT2D eigenvalue weighted by atomic mass is 9.90. The molecule has 1 aliphatic heterocycles. The number of hydrogen-bond acceptors (Lipinski definition) is 7. The summed E-state index contributed by atoms with van der Waals surface area (Å²) in [6, 6.07) is 9.24. The maximum Gasteiger partial charge on any atom is 0.255 e. The molecule has 0 aromatic carbocycles. The molecule has 8 heteroatoms. The van der Waals surface area contributed by atoms with Gasteiger partial charge in [0.25, 0.3) is 5.91 Å². The van der Waals surface area contributed by atoms with Gasteiger partial charge in [-0.1, -0.05) is 5.16 Å². The van der Waals surface area contributed by atoms with Crippen molar-refractivity contribution >= 4 is 5.91 Å². The Morgan fingerprint density at radius 1 is 1.12 bits per heavy atom. The Kier molecular flexibility index (Phi) is 5.41. The first-order valence-electron chi connectivity index (χ1n) is 10.6. The zero-order chi connectivity index (χ0) is 21.9. The fourth-order valence-corrected chi connectivity index (χ4v) is 4.08. The molecule has 0 radical (unpaired) electrons. The first-order valence-corrected chi connectivity index (χ1v) is 10.6. The molecule has 0 saturated carbocycles. The van der Waals surface area contributed by atoms with E-state index in [2.05, 4.69) is 20.1 Å². The molecule has 4 aromatic rings. The molecule has 1 aliphatic rings. The highest BCUT2D eigenvalue weighted by Crippen LogP contribution is 2.34. The van der Waals surface area contributed by atoms with Crippen LogP contribution in [0.5, 0.6) is 0 Å². The fourth-order valence-electron chi connectivity index (χ4n) is 4.08. The first kappa shape index (κ1) is 20.0. The molecular weight excluding hydrogens is 404 g/mol. The normalized spacial score (nSPS) is 16.2. The summed E-state index contributed by atoms with van der Waals surface area (Å²) < 4.78 is 5.54. The summed E-state index contributed by atoms with van der Waals surface area (Å²) in [7, 11) is 0. The van der Waals surface area contributed by atoms with Crippen molar-refractivity contribution in [3.05, 3.63) is 78.3 Å². The number of pyridine rings is 2. The summed E-state index contributed by atoms with van der Waals surface area (Å²) in [4.78, 5) is 32.6. The Morgan fingerprint density at radius 3 is 2.75 bits per heavy atom. The van der Waals surface area contributed by atoms with E-state index in [4.69, 9.17) is 9.51 Å². The van der Waals surface area contributed by atoms with Gasteiger partial charge in [-0.2, -0.15) is 0 Å². The molecule has 1 atom stereocenters. The lowest BCUT2D eigenvalue weighted by Gasteiger charge is -2.33. The van der Waals surface area contributed by atoms with Gasteiger partial charge in [0.2, 0.25) is 0 Å². The number of piperidine rings is 1. The molecular formula is C24H22N6O2. The summed E-state index contributed by atoms with van der Waals surface area (Å²) >= 11 is 0. The minimum Gasteiger partial charge on any atom is -0.356 e. The van der Waals surface area contributed by atoms with E-state index in [-0.39, 0.29) is 11.8 Å². The van der Waals surface area contributed by atoms with Gasteiger partial charge in [-0.25, -0.2) is 9.97 Å². The van der Waals surface area contributed by atoms with Gasteiger partial charge >= 0.3 is 0 Å². The van der Waals surface area contributed by atoms with Crippen LogP contribution in [0.3, 0.4) is 0 Å². The van der Waals surface area contributed by atoms with E-state index in [1.165, 1.54) is 0 Å². The van der Waals surface area contributed by atoms with E-state index in [0.29, 0.717) is 30.2 Å². The third kappa shape index (κ3) is 3.99. The number of amides is 1. The second-order valence-corrected chi connectivity index (χ2v) is 7.89. The van der Waals surface area contributed by atoms with Crippen molar-refractivity contribution in [1.29, 1.82) is 0 Å². The smallest absolute Gasteiger partial charge is 0.255 e. The molecule has 1 unspecified atom stereocenters. The van der Waals surface area contributed by atoms with Crippen LogP contribution in [-0.2, 0) is 0 Å². The second kappa shape index (κ2) is 8.66. The highest BCUT2D eigenvalue weighted by atomic mass is 16.5. The maximum absolute atomic E-state index is 13.0. The number of rotatable bonds is 4. The Labute approximate surface area is 185 Å². The van der Waals surface area contributed by atoms with Crippen LogP contribution < -0.4 is 0 Å². The van der Waals surface area contributed by atoms with E-state index in [0.717, 1.165) is 35.4 Å². The Morgan fingerprint density at radius 2 is 2.00 bits per heavy atom. The number of carbonyl (C=O) groups is 1. The first-order chi connectivity index (χ1) is 15.7. The Balaban J connectivity index is 1.52. The van der Waals surface area contributed by atoms with E-state index in [1.807, 2.05) is 30.0 Å². The van der Waals surface area contributed by atoms with Crippen LogP contribution in [0.1, 0.15) is 40.5 Å². The van der Waals surface area contributed by atoms with Gasteiger partial charge in [-0.15, -0.1) is 0 Å². The second-order valence-electron chi connectivity index (χ2n) is 7.89. The van der Waals surface area contributed by atoms with Crippen molar-refractivity contribution < 1.29 is 9.32 Å². The average Bonchev–Trinajstić information content (AvgIpc) is 3.30. The standard InChI is InChI=1S/C24H22N6O2/c1-16-12-21(32-29-16)20-14-27-23(17-6-9-25-10-7-17)28-22(20)19-5-3-11-30(15-19)24(31)18-4-2-8-26-13-18/h2,4,6-10,12-14,19H,3,5,11,15H2,1H3. The van der Waals surface area contributed by atoms with Crippen LogP contribution in [-0.4, -0.2) is 49.0 Å². The SMILES string of the molecule is Cc1cc(-c2cnc(-c3ccncc3)nc2C2CCCN(C(=O)c3cccnc3)C2)on1. The molecule has 5 rings (SSSR count). The minimum absolute atomic E-state index is 0.0109. The predicted octanol–water partition coefficient (Wildman–Crippen LogP) is 3.92. The zero-order valence-electron chi connectivity index (χ0n) is 17.7. The molecule has 1 saturated heterocycles. The van der Waals surface area contributed by atoms with Gasteiger partial charge in [-0.05, 0) is 44.0 Å². The van der Waals surface area contributed by atoms with Crippen LogP contribution in [0, 0.1) is 6.92 Å². The third-order valence-electron chi connectivity index (χ3n) is 5.65. The monoisotopic (exact) mass is 426 g/mol. The van der Waals surface area contributed by atoms with Crippen LogP contribution in [0.25, 0.3) is 22.7 Å². The number of aryl methyl sites for hydroxylation is 1. The number of carbonyl (C=O) groups excluding carboxylic acids is 1. The maximum atomic E-state index is 13.0. The molecule has 1 fully saturated rings. The largest absolute Gasteiger partial charge is 0.356 e. The van der Waals surface area contributed by atoms with Gasteiger partial charge in [0.15, 0.2) is 11.6 Å².